The van der Waals surface area contributed by atoms with Crippen LogP contribution in [0.5, 0.6) is 11.5 Å². The fourth-order valence-corrected chi connectivity index (χ4v) is 4.39. The molecular weight excluding hydrogens is 410 g/mol. The molecule has 1 spiro atoms. The van der Waals surface area contributed by atoms with Crippen molar-refractivity contribution in [2.75, 3.05) is 20.3 Å². The number of amides is 3. The number of hydrogen-bond acceptors (Lipinski definition) is 6. The summed E-state index contributed by atoms with van der Waals surface area (Å²) < 4.78 is 10.9. The molecule has 8 heteroatoms. The van der Waals surface area contributed by atoms with E-state index in [0.717, 1.165) is 34.4 Å². The molecule has 8 nitrogen and oxygen atoms in total. The lowest BCUT2D eigenvalue weighted by Gasteiger charge is -2.33. The first-order chi connectivity index (χ1) is 15.5. The maximum Gasteiger partial charge on any atom is 0.325 e. The quantitative estimate of drug-likeness (QED) is 0.646. The molecule has 2 aromatic carbocycles. The van der Waals surface area contributed by atoms with E-state index in [0.29, 0.717) is 24.3 Å². The summed E-state index contributed by atoms with van der Waals surface area (Å²) in [4.78, 5) is 27.1. The molecule has 1 aliphatic carbocycles. The largest absolute Gasteiger partial charge is 0.497 e. The smallest absolute Gasteiger partial charge is 0.325 e. The maximum atomic E-state index is 13.4. The van der Waals surface area contributed by atoms with Gasteiger partial charge in [-0.2, -0.15) is 5.26 Å². The van der Waals surface area contributed by atoms with Crippen LogP contribution < -0.4 is 14.8 Å². The molecule has 3 amide bonds. The Labute approximate surface area is 186 Å². The third-order valence-corrected chi connectivity index (χ3v) is 5.99. The lowest BCUT2D eigenvalue weighted by Crippen LogP contribution is -2.47. The first kappa shape index (κ1) is 21.7. The van der Waals surface area contributed by atoms with E-state index in [-0.39, 0.29) is 19.1 Å². The molecule has 0 radical (unpaired) electrons. The fraction of sp³-hybridized carbons (Fsp3) is 0.375. The zero-order chi connectivity index (χ0) is 22.7. The number of ether oxygens (including phenoxy) is 2. The van der Waals surface area contributed by atoms with Gasteiger partial charge in [0.2, 0.25) is 0 Å². The number of fused-ring (bicyclic) bond motifs is 2. The Morgan fingerprint density at radius 2 is 1.97 bits per heavy atom. The number of urea groups is 1. The first-order valence-electron chi connectivity index (χ1n) is 10.5. The summed E-state index contributed by atoms with van der Waals surface area (Å²) in [6.45, 7) is -0.236. The number of imide groups is 1. The maximum absolute atomic E-state index is 13.4. The van der Waals surface area contributed by atoms with Crippen LogP contribution in [0.2, 0.25) is 0 Å². The van der Waals surface area contributed by atoms with E-state index < -0.39 is 17.7 Å². The number of nitriles is 1. The van der Waals surface area contributed by atoms with Gasteiger partial charge in [0.05, 0.1) is 26.1 Å². The molecule has 2 aromatic rings. The van der Waals surface area contributed by atoms with E-state index in [1.807, 2.05) is 12.1 Å². The van der Waals surface area contributed by atoms with E-state index in [9.17, 15) is 14.7 Å². The van der Waals surface area contributed by atoms with E-state index in [1.54, 1.807) is 37.4 Å². The average molecular weight is 435 g/mol. The molecule has 1 fully saturated rings. The monoisotopic (exact) mass is 435 g/mol. The summed E-state index contributed by atoms with van der Waals surface area (Å²) in [6.07, 6.45) is 1.34. The number of benzene rings is 2. The lowest BCUT2D eigenvalue weighted by atomic mass is 9.76. The second-order valence-corrected chi connectivity index (χ2v) is 8.07. The Hall–Kier alpha value is -3.57. The number of aliphatic hydroxyl groups is 1. The Bertz CT molecular complexity index is 1060. The number of hydrogen-bond donors (Lipinski definition) is 2. The molecule has 0 aromatic heterocycles. The molecule has 4 rings (SSSR count). The summed E-state index contributed by atoms with van der Waals surface area (Å²) in [5.74, 6) is 0.894. The van der Waals surface area contributed by atoms with Gasteiger partial charge in [-0.25, -0.2) is 4.79 Å². The second-order valence-electron chi connectivity index (χ2n) is 8.07. The van der Waals surface area contributed by atoms with Crippen molar-refractivity contribution >= 4 is 11.9 Å². The first-order valence-corrected chi connectivity index (χ1v) is 10.5. The molecule has 0 saturated carbocycles. The summed E-state index contributed by atoms with van der Waals surface area (Å²) in [7, 11) is 1.59. The van der Waals surface area contributed by atoms with Crippen molar-refractivity contribution in [2.24, 2.45) is 0 Å². The van der Waals surface area contributed by atoms with Crippen molar-refractivity contribution in [3.63, 3.8) is 0 Å². The van der Waals surface area contributed by atoms with E-state index in [2.05, 4.69) is 11.4 Å². The Balaban J connectivity index is 1.43. The number of carbonyl (C=O) groups is 2. The zero-order valence-electron chi connectivity index (χ0n) is 17.8. The van der Waals surface area contributed by atoms with Crippen LogP contribution in [0.15, 0.2) is 42.5 Å². The minimum absolute atomic E-state index is 0.0740. The summed E-state index contributed by atoms with van der Waals surface area (Å²) in [5.41, 5.74) is 1.53. The molecule has 2 atom stereocenters. The fourth-order valence-electron chi connectivity index (χ4n) is 4.39. The normalized spacial score (nSPS) is 20.5. The summed E-state index contributed by atoms with van der Waals surface area (Å²) in [5, 5.41) is 22.0. The van der Waals surface area contributed by atoms with Crippen LogP contribution in [0.1, 0.15) is 29.5 Å². The van der Waals surface area contributed by atoms with Crippen LogP contribution in [0.25, 0.3) is 0 Å². The molecule has 2 aliphatic rings. The number of nitrogens with zero attached hydrogens (tertiary/aromatic N) is 2. The topological polar surface area (TPSA) is 112 Å². The minimum Gasteiger partial charge on any atom is -0.497 e. The van der Waals surface area contributed by atoms with E-state index in [1.165, 1.54) is 0 Å². The molecule has 0 bridgehead atoms. The number of carbonyl (C=O) groups excluding carboxylic acids is 2. The van der Waals surface area contributed by atoms with Gasteiger partial charge in [0.15, 0.2) is 0 Å². The van der Waals surface area contributed by atoms with Crippen molar-refractivity contribution in [2.45, 2.75) is 37.3 Å². The highest BCUT2D eigenvalue weighted by atomic mass is 16.5. The lowest BCUT2D eigenvalue weighted by molar-refractivity contribution is -0.133. The van der Waals surface area contributed by atoms with Gasteiger partial charge in [0.1, 0.15) is 29.7 Å². The molecule has 0 unspecified atom stereocenters. The minimum atomic E-state index is -1.10. The van der Waals surface area contributed by atoms with Gasteiger partial charge >= 0.3 is 6.03 Å². The Morgan fingerprint density at radius 1 is 1.22 bits per heavy atom. The average Bonchev–Trinajstić information content (AvgIpc) is 3.03. The van der Waals surface area contributed by atoms with E-state index >= 15 is 0 Å². The number of methoxy groups -OCH3 is 1. The molecule has 1 saturated heterocycles. The molecule has 2 N–H and O–H groups in total. The highest BCUT2D eigenvalue weighted by molar-refractivity contribution is 6.07. The Morgan fingerprint density at radius 3 is 2.69 bits per heavy atom. The molecule has 166 valence electrons. The second kappa shape index (κ2) is 8.89. The van der Waals surface area contributed by atoms with Crippen LogP contribution in [0.3, 0.4) is 0 Å². The van der Waals surface area contributed by atoms with Gasteiger partial charge in [-0.05, 0) is 60.2 Å². The van der Waals surface area contributed by atoms with Crippen molar-refractivity contribution in [3.8, 4) is 17.6 Å². The highest BCUT2D eigenvalue weighted by Gasteiger charge is 2.54. The molecule has 1 aliphatic heterocycles. The van der Waals surface area contributed by atoms with Crippen LogP contribution in [-0.4, -0.2) is 48.3 Å². The van der Waals surface area contributed by atoms with Crippen molar-refractivity contribution in [1.82, 2.24) is 10.2 Å². The van der Waals surface area contributed by atoms with Crippen molar-refractivity contribution < 1.29 is 24.2 Å². The van der Waals surface area contributed by atoms with E-state index in [4.69, 9.17) is 14.7 Å². The van der Waals surface area contributed by atoms with Gasteiger partial charge in [-0.3, -0.25) is 9.69 Å². The van der Waals surface area contributed by atoms with Crippen LogP contribution in [0, 0.1) is 11.3 Å². The molecule has 32 heavy (non-hydrogen) atoms. The van der Waals surface area contributed by atoms with Crippen molar-refractivity contribution in [3.05, 3.63) is 59.2 Å². The molecular formula is C24H25N3O5. The number of β-amino-alcohol motifs (C(OH)–C–C–N with tert-alkyl or cyclic N) is 1. The van der Waals surface area contributed by atoms with Gasteiger partial charge in [0, 0.05) is 0 Å². The number of nitrogens with one attached hydrogen (secondary N) is 1. The molecule has 1 heterocycles. The highest BCUT2D eigenvalue weighted by Crippen LogP contribution is 2.41. The number of aliphatic hydroxyl groups excluding tert-OH is 1. The predicted octanol–water partition coefficient (Wildman–Crippen LogP) is 2.28. The van der Waals surface area contributed by atoms with Crippen LogP contribution >= 0.6 is 0 Å². The zero-order valence-corrected chi connectivity index (χ0v) is 17.8. The number of rotatable bonds is 7. The Kier molecular flexibility index (Phi) is 6.01. The standard InChI is InChI=1S/C24H25N3O5/c1-31-20-8-9-21-17(13-20)3-2-11-24(21)22(29)27(23(30)26-24)14-18(28)15-32-19-6-4-16(5-7-19)10-12-25/h4-9,13,18,28H,2-3,10-11,14-15H2,1H3,(H,26,30)/t18-,24-/m0/s1. The van der Waals surface area contributed by atoms with Crippen LogP contribution in [-0.2, 0) is 23.2 Å². The SMILES string of the molecule is COc1ccc2c(c1)CCC[C@]21NC(=O)N(C[C@H](O)COc2ccc(CC#N)cc2)C1=O. The van der Waals surface area contributed by atoms with Gasteiger partial charge in [-0.1, -0.05) is 18.2 Å². The van der Waals surface area contributed by atoms with Crippen molar-refractivity contribution in [1.29, 1.82) is 5.26 Å². The number of aryl methyl sites for hydroxylation is 1. The van der Waals surface area contributed by atoms with Crippen LogP contribution in [0.4, 0.5) is 4.79 Å². The summed E-state index contributed by atoms with van der Waals surface area (Å²) >= 11 is 0. The third kappa shape index (κ3) is 3.99. The van der Waals surface area contributed by atoms with Gasteiger partial charge in [-0.15, -0.1) is 0 Å². The summed E-state index contributed by atoms with van der Waals surface area (Å²) in [6, 6.07) is 14.1. The third-order valence-electron chi connectivity index (χ3n) is 5.99. The predicted molar refractivity (Wildman–Crippen MR) is 115 cm³/mol. The van der Waals surface area contributed by atoms with Gasteiger partial charge < -0.3 is 19.9 Å². The van der Waals surface area contributed by atoms with Gasteiger partial charge in [0.25, 0.3) is 5.91 Å².